The van der Waals surface area contributed by atoms with Crippen molar-refractivity contribution in [3.8, 4) is 0 Å². The summed E-state index contributed by atoms with van der Waals surface area (Å²) in [6.07, 6.45) is 2.19. The second-order valence-corrected chi connectivity index (χ2v) is 6.76. The molecule has 0 bridgehead atoms. The van der Waals surface area contributed by atoms with E-state index in [4.69, 9.17) is 11.6 Å². The number of hydrogen-bond acceptors (Lipinski definition) is 7. The minimum Gasteiger partial charge on any atom is -0.258 e. The molecule has 1 heterocycles. The molecule has 0 saturated heterocycles. The third-order valence-corrected chi connectivity index (χ3v) is 4.08. The number of sulfone groups is 1. The molecule has 0 spiro atoms. The molecule has 0 aliphatic carbocycles. The molecule has 1 aromatic rings. The number of halogens is 1. The molecular formula is C7H8ClN3O4S2. The summed E-state index contributed by atoms with van der Waals surface area (Å²) in [5.41, 5.74) is -0.396. The number of aromatic nitrogens is 2. The van der Waals surface area contributed by atoms with E-state index in [0.29, 0.717) is 0 Å². The van der Waals surface area contributed by atoms with Crippen LogP contribution in [-0.4, -0.2) is 41.1 Å². The van der Waals surface area contributed by atoms with E-state index in [9.17, 15) is 18.5 Å². The molecule has 7 nitrogen and oxygen atoms in total. The summed E-state index contributed by atoms with van der Waals surface area (Å²) >= 11 is 6.53. The lowest BCUT2D eigenvalue weighted by Gasteiger charge is -2.01. The first-order chi connectivity index (χ1) is 7.81. The van der Waals surface area contributed by atoms with Gasteiger partial charge in [0.05, 0.1) is 10.7 Å². The molecule has 0 N–H and O–H groups in total. The molecule has 0 radical (unpaired) electrons. The van der Waals surface area contributed by atoms with Crippen LogP contribution >= 0.6 is 23.4 Å². The second-order valence-electron chi connectivity index (χ2n) is 3.05. The summed E-state index contributed by atoms with van der Waals surface area (Å²) in [4.78, 5) is 17.2. The Kier molecular flexibility index (Phi) is 4.66. The lowest BCUT2D eigenvalue weighted by Crippen LogP contribution is -2.06. The van der Waals surface area contributed by atoms with E-state index >= 15 is 0 Å². The lowest BCUT2D eigenvalue weighted by molar-refractivity contribution is -0.388. The Labute approximate surface area is 107 Å². The number of nitro groups is 1. The summed E-state index contributed by atoms with van der Waals surface area (Å²) in [6, 6.07) is 0. The molecule has 0 unspecified atom stereocenters. The lowest BCUT2D eigenvalue weighted by atomic mass is 10.5. The maximum atomic E-state index is 10.9. The van der Waals surface area contributed by atoms with Crippen LogP contribution in [0, 0.1) is 10.1 Å². The molecular weight excluding hydrogens is 290 g/mol. The van der Waals surface area contributed by atoms with E-state index < -0.39 is 20.4 Å². The normalized spacial score (nSPS) is 11.4. The highest BCUT2D eigenvalue weighted by molar-refractivity contribution is 8.00. The molecule has 1 aromatic heterocycles. The van der Waals surface area contributed by atoms with E-state index in [0.717, 1.165) is 24.3 Å². The highest BCUT2D eigenvalue weighted by Gasteiger charge is 2.21. The van der Waals surface area contributed by atoms with E-state index in [2.05, 4.69) is 9.97 Å². The summed E-state index contributed by atoms with van der Waals surface area (Å²) in [5, 5.41) is 10.5. The summed E-state index contributed by atoms with van der Waals surface area (Å²) in [7, 11) is -3.10. The molecule has 10 heteroatoms. The van der Waals surface area contributed by atoms with Crippen LogP contribution in [-0.2, 0) is 9.84 Å². The van der Waals surface area contributed by atoms with Crippen molar-refractivity contribution in [2.45, 2.75) is 5.03 Å². The molecule has 0 saturated carbocycles. The fraction of sp³-hybridized carbons (Fsp3) is 0.429. The molecule has 1 rings (SSSR count). The summed E-state index contributed by atoms with van der Waals surface area (Å²) in [6.45, 7) is 0. The molecule has 0 fully saturated rings. The Morgan fingerprint density at radius 3 is 2.71 bits per heavy atom. The average molecular weight is 298 g/mol. The fourth-order valence-electron chi connectivity index (χ4n) is 0.891. The van der Waals surface area contributed by atoms with Crippen molar-refractivity contribution in [1.82, 2.24) is 9.97 Å². The quantitative estimate of drug-likeness (QED) is 0.348. The van der Waals surface area contributed by atoms with Crippen LogP contribution in [0.25, 0.3) is 0 Å². The molecule has 0 amide bonds. The van der Waals surface area contributed by atoms with Crippen molar-refractivity contribution >= 4 is 38.9 Å². The monoisotopic (exact) mass is 297 g/mol. The number of nitrogens with zero attached hydrogens (tertiary/aromatic N) is 3. The van der Waals surface area contributed by atoms with Crippen LogP contribution in [0.15, 0.2) is 11.4 Å². The fourth-order valence-corrected chi connectivity index (χ4v) is 3.32. The van der Waals surface area contributed by atoms with E-state index in [1.807, 2.05) is 0 Å². The van der Waals surface area contributed by atoms with Gasteiger partial charge < -0.3 is 0 Å². The molecule has 0 atom stereocenters. The minimum absolute atomic E-state index is 0.0682. The minimum atomic E-state index is -3.10. The number of hydrogen-bond donors (Lipinski definition) is 0. The zero-order valence-electron chi connectivity index (χ0n) is 8.66. The van der Waals surface area contributed by atoms with Crippen LogP contribution in [0.1, 0.15) is 0 Å². The largest absolute Gasteiger partial charge is 0.338 e. The number of rotatable bonds is 5. The average Bonchev–Trinajstić information content (AvgIpc) is 2.14. The zero-order valence-corrected chi connectivity index (χ0v) is 11.0. The van der Waals surface area contributed by atoms with Crippen LogP contribution in [0.3, 0.4) is 0 Å². The maximum absolute atomic E-state index is 10.9. The van der Waals surface area contributed by atoms with Crippen molar-refractivity contribution in [3.63, 3.8) is 0 Å². The maximum Gasteiger partial charge on any atom is 0.338 e. The predicted octanol–water partition coefficient (Wildman–Crippen LogP) is 1.17. The highest BCUT2D eigenvalue weighted by atomic mass is 35.5. The Bertz CT molecular complexity index is 534. The van der Waals surface area contributed by atoms with Crippen molar-refractivity contribution < 1.29 is 13.3 Å². The van der Waals surface area contributed by atoms with Gasteiger partial charge in [-0.15, -0.1) is 0 Å². The molecule has 0 aromatic carbocycles. The van der Waals surface area contributed by atoms with Crippen LogP contribution in [0.4, 0.5) is 5.69 Å². The smallest absolute Gasteiger partial charge is 0.258 e. The molecule has 17 heavy (non-hydrogen) atoms. The number of thioether (sulfide) groups is 1. The van der Waals surface area contributed by atoms with Crippen molar-refractivity contribution in [2.24, 2.45) is 0 Å². The molecule has 0 aliphatic rings. The van der Waals surface area contributed by atoms with Gasteiger partial charge in [-0.2, -0.15) is 0 Å². The Morgan fingerprint density at radius 2 is 2.18 bits per heavy atom. The summed E-state index contributed by atoms with van der Waals surface area (Å²) < 4.78 is 21.8. The van der Waals surface area contributed by atoms with E-state index in [1.165, 1.54) is 0 Å². The van der Waals surface area contributed by atoms with Gasteiger partial charge in [-0.3, -0.25) is 10.1 Å². The van der Waals surface area contributed by atoms with Crippen molar-refractivity contribution in [2.75, 3.05) is 17.8 Å². The molecule has 0 aliphatic heterocycles. The zero-order chi connectivity index (χ0) is 13.1. The molecule has 94 valence electrons. The Morgan fingerprint density at radius 1 is 1.53 bits per heavy atom. The van der Waals surface area contributed by atoms with Gasteiger partial charge in [0.2, 0.25) is 5.15 Å². The van der Waals surface area contributed by atoms with Gasteiger partial charge in [-0.05, 0) is 0 Å². The SMILES string of the molecule is CS(=O)(=O)CCSc1ncnc(Cl)c1[N+](=O)[O-]. The predicted molar refractivity (Wildman–Crippen MR) is 64.1 cm³/mol. The van der Waals surface area contributed by atoms with Gasteiger partial charge >= 0.3 is 5.69 Å². The van der Waals surface area contributed by atoms with E-state index in [1.54, 1.807) is 0 Å². The van der Waals surface area contributed by atoms with Gasteiger partial charge in [0.25, 0.3) is 0 Å². The van der Waals surface area contributed by atoms with E-state index in [-0.39, 0.29) is 21.7 Å². The first-order valence-corrected chi connectivity index (χ1v) is 7.69. The first kappa shape index (κ1) is 14.1. The Balaban J connectivity index is 2.85. The topological polar surface area (TPSA) is 103 Å². The van der Waals surface area contributed by atoms with Gasteiger partial charge in [0, 0.05) is 12.0 Å². The van der Waals surface area contributed by atoms with Crippen LogP contribution in [0.2, 0.25) is 5.15 Å². The standard InChI is InChI=1S/C7H8ClN3O4S2/c1-17(14,15)3-2-16-7-5(11(12)13)6(8)9-4-10-7/h4H,2-3H2,1H3. The second kappa shape index (κ2) is 5.61. The van der Waals surface area contributed by atoms with Crippen molar-refractivity contribution in [3.05, 3.63) is 21.6 Å². The third-order valence-electron chi connectivity index (χ3n) is 1.62. The first-order valence-electron chi connectivity index (χ1n) is 4.26. The van der Waals surface area contributed by atoms with Gasteiger partial charge in [0.1, 0.15) is 16.2 Å². The van der Waals surface area contributed by atoms with Crippen molar-refractivity contribution in [1.29, 1.82) is 0 Å². The van der Waals surface area contributed by atoms with Gasteiger partial charge in [0.15, 0.2) is 5.03 Å². The Hall–Kier alpha value is -0.930. The van der Waals surface area contributed by atoms with Crippen LogP contribution < -0.4 is 0 Å². The highest BCUT2D eigenvalue weighted by Crippen LogP contribution is 2.31. The van der Waals surface area contributed by atoms with Gasteiger partial charge in [-0.1, -0.05) is 23.4 Å². The summed E-state index contributed by atoms with van der Waals surface area (Å²) in [5.74, 6) is 0.0868. The third kappa shape index (κ3) is 4.44. The van der Waals surface area contributed by atoms with Gasteiger partial charge in [-0.25, -0.2) is 18.4 Å². The van der Waals surface area contributed by atoms with Crippen LogP contribution in [0.5, 0.6) is 0 Å².